The number of nitrogens with zero attached hydrogens (tertiary/aromatic N) is 1. The number of carbonyl (C=O) groups excluding carboxylic acids is 2. The van der Waals surface area contributed by atoms with Crippen LogP contribution in [0.2, 0.25) is 0 Å². The van der Waals surface area contributed by atoms with Crippen LogP contribution >= 0.6 is 0 Å². The van der Waals surface area contributed by atoms with Crippen LogP contribution in [0, 0.1) is 17.8 Å². The summed E-state index contributed by atoms with van der Waals surface area (Å²) >= 11 is 0. The number of fused-ring (bicyclic) bond motifs is 1. The van der Waals surface area contributed by atoms with Gasteiger partial charge in [-0.05, 0) is 5.92 Å². The summed E-state index contributed by atoms with van der Waals surface area (Å²) in [6.45, 7) is 5.40. The Hall–Kier alpha value is -1.36. The molecule has 104 valence electrons. The van der Waals surface area contributed by atoms with Crippen molar-refractivity contribution in [3.05, 3.63) is 12.2 Å². The molecule has 0 radical (unpaired) electrons. The van der Waals surface area contributed by atoms with Crippen LogP contribution in [0.1, 0.15) is 13.8 Å². The summed E-state index contributed by atoms with van der Waals surface area (Å²) in [6, 6.07) is 0. The smallest absolute Gasteiger partial charge is 0.312 e. The van der Waals surface area contributed by atoms with Crippen molar-refractivity contribution in [3.63, 3.8) is 0 Å². The summed E-state index contributed by atoms with van der Waals surface area (Å²) < 4.78 is 10.8. The van der Waals surface area contributed by atoms with Gasteiger partial charge in [0.15, 0.2) is 0 Å². The Labute approximate surface area is 112 Å². The summed E-state index contributed by atoms with van der Waals surface area (Å²) in [5, 5.41) is 0. The lowest BCUT2D eigenvalue weighted by Gasteiger charge is -2.22. The molecule has 2 bridgehead atoms. The third kappa shape index (κ3) is 1.64. The molecule has 0 aliphatic carbocycles. The fourth-order valence-corrected chi connectivity index (χ4v) is 3.58. The second-order valence-corrected chi connectivity index (χ2v) is 6.04. The number of likely N-dealkylation sites (tertiary alicyclic amines) is 1. The number of rotatable bonds is 3. The van der Waals surface area contributed by atoms with Gasteiger partial charge in [-0.2, -0.15) is 0 Å². The number of hydrogen-bond acceptors (Lipinski definition) is 4. The lowest BCUT2D eigenvalue weighted by atomic mass is 9.77. The molecule has 0 aromatic rings. The summed E-state index contributed by atoms with van der Waals surface area (Å²) in [6.07, 6.45) is 3.55. The predicted molar refractivity (Wildman–Crippen MR) is 67.2 cm³/mol. The average Bonchev–Trinajstić information content (AvgIpc) is 2.97. The van der Waals surface area contributed by atoms with E-state index in [2.05, 4.69) is 13.8 Å². The molecule has 4 atom stereocenters. The highest BCUT2D eigenvalue weighted by molar-refractivity contribution is 5.91. The van der Waals surface area contributed by atoms with Gasteiger partial charge in [0.05, 0.1) is 25.7 Å². The number of methoxy groups -OCH3 is 1. The number of hydrogen-bond donors (Lipinski definition) is 0. The van der Waals surface area contributed by atoms with Gasteiger partial charge in [-0.15, -0.1) is 0 Å². The highest BCUT2D eigenvalue weighted by Gasteiger charge is 2.67. The molecule has 19 heavy (non-hydrogen) atoms. The maximum Gasteiger partial charge on any atom is 0.312 e. The van der Waals surface area contributed by atoms with Gasteiger partial charge in [0.2, 0.25) is 5.91 Å². The second-order valence-electron chi connectivity index (χ2n) is 6.04. The zero-order chi connectivity index (χ0) is 13.8. The lowest BCUT2D eigenvalue weighted by molar-refractivity contribution is -0.151. The monoisotopic (exact) mass is 265 g/mol. The Kier molecular flexibility index (Phi) is 2.71. The number of amides is 1. The summed E-state index contributed by atoms with van der Waals surface area (Å²) in [5.41, 5.74) is -0.602. The van der Waals surface area contributed by atoms with E-state index in [0.717, 1.165) is 0 Å². The minimum Gasteiger partial charge on any atom is -0.469 e. The van der Waals surface area contributed by atoms with Crippen LogP contribution in [0.5, 0.6) is 0 Å². The van der Waals surface area contributed by atoms with Gasteiger partial charge in [0, 0.05) is 6.54 Å². The number of ether oxygens (including phenoxy) is 2. The molecule has 0 unspecified atom stereocenters. The van der Waals surface area contributed by atoms with Crippen LogP contribution in [0.25, 0.3) is 0 Å². The lowest BCUT2D eigenvalue weighted by Crippen LogP contribution is -2.39. The third-order valence-electron chi connectivity index (χ3n) is 4.24. The van der Waals surface area contributed by atoms with Crippen LogP contribution in [0.4, 0.5) is 0 Å². The molecule has 0 aromatic heterocycles. The minimum atomic E-state index is -0.602. The molecule has 1 amide bonds. The van der Waals surface area contributed by atoms with E-state index in [4.69, 9.17) is 9.47 Å². The van der Waals surface area contributed by atoms with Gasteiger partial charge in [-0.25, -0.2) is 0 Å². The Morgan fingerprint density at radius 3 is 3.00 bits per heavy atom. The van der Waals surface area contributed by atoms with Gasteiger partial charge in [-0.1, -0.05) is 26.0 Å². The third-order valence-corrected chi connectivity index (χ3v) is 4.24. The van der Waals surface area contributed by atoms with E-state index in [1.165, 1.54) is 7.11 Å². The maximum absolute atomic E-state index is 12.5. The van der Waals surface area contributed by atoms with Crippen LogP contribution in [0.3, 0.4) is 0 Å². The first-order valence-corrected chi connectivity index (χ1v) is 6.72. The maximum atomic E-state index is 12.5. The van der Waals surface area contributed by atoms with Crippen LogP contribution in [-0.4, -0.2) is 48.7 Å². The molecular weight excluding hydrogens is 246 g/mol. The molecule has 3 aliphatic rings. The minimum absolute atomic E-state index is 0.0240. The van der Waals surface area contributed by atoms with E-state index in [-0.39, 0.29) is 18.0 Å². The predicted octanol–water partition coefficient (Wildman–Crippen LogP) is 0.597. The molecule has 3 rings (SSSR count). The first kappa shape index (κ1) is 12.7. The summed E-state index contributed by atoms with van der Waals surface area (Å²) in [4.78, 5) is 26.3. The Morgan fingerprint density at radius 2 is 2.37 bits per heavy atom. The van der Waals surface area contributed by atoms with Crippen molar-refractivity contribution in [1.82, 2.24) is 4.90 Å². The van der Waals surface area contributed by atoms with Gasteiger partial charge in [-0.3, -0.25) is 9.59 Å². The standard InChI is InChI=1S/C14H19NO4/c1-8(2)6-15-7-14-5-4-9(19-14)10(13(17)18-3)11(14)12(15)16/h4-5,8-11H,6-7H2,1-3H3/t9-,10-,11-,14+/m1/s1. The summed E-state index contributed by atoms with van der Waals surface area (Å²) in [7, 11) is 1.36. The van der Waals surface area contributed by atoms with Gasteiger partial charge in [0.25, 0.3) is 0 Å². The van der Waals surface area contributed by atoms with E-state index < -0.39 is 17.4 Å². The van der Waals surface area contributed by atoms with Crippen molar-refractivity contribution in [1.29, 1.82) is 0 Å². The average molecular weight is 265 g/mol. The molecule has 0 saturated carbocycles. The second kappa shape index (κ2) is 4.07. The van der Waals surface area contributed by atoms with E-state index in [0.29, 0.717) is 19.0 Å². The summed E-state index contributed by atoms with van der Waals surface area (Å²) in [5.74, 6) is -0.817. The fraction of sp³-hybridized carbons (Fsp3) is 0.714. The number of esters is 1. The van der Waals surface area contributed by atoms with E-state index in [1.54, 1.807) is 0 Å². The quantitative estimate of drug-likeness (QED) is 0.554. The van der Waals surface area contributed by atoms with Crippen LogP contribution < -0.4 is 0 Å². The van der Waals surface area contributed by atoms with Crippen molar-refractivity contribution in [2.75, 3.05) is 20.2 Å². The number of carbonyl (C=O) groups is 2. The normalized spacial score (nSPS) is 39.3. The molecule has 2 saturated heterocycles. The molecule has 0 N–H and O–H groups in total. The molecular formula is C14H19NO4. The highest BCUT2D eigenvalue weighted by Crippen LogP contribution is 2.52. The van der Waals surface area contributed by atoms with Crippen molar-refractivity contribution >= 4 is 11.9 Å². The zero-order valence-electron chi connectivity index (χ0n) is 11.5. The van der Waals surface area contributed by atoms with Gasteiger partial charge in [0.1, 0.15) is 11.5 Å². The van der Waals surface area contributed by atoms with E-state index >= 15 is 0 Å². The van der Waals surface area contributed by atoms with Crippen molar-refractivity contribution in [3.8, 4) is 0 Å². The topological polar surface area (TPSA) is 55.8 Å². The molecule has 1 spiro atoms. The molecule has 3 aliphatic heterocycles. The van der Waals surface area contributed by atoms with Crippen LogP contribution in [-0.2, 0) is 19.1 Å². The molecule has 5 nitrogen and oxygen atoms in total. The van der Waals surface area contributed by atoms with Gasteiger partial charge >= 0.3 is 5.97 Å². The van der Waals surface area contributed by atoms with Crippen LogP contribution in [0.15, 0.2) is 12.2 Å². The molecule has 0 aromatic carbocycles. The zero-order valence-corrected chi connectivity index (χ0v) is 11.5. The van der Waals surface area contributed by atoms with E-state index in [1.807, 2.05) is 17.1 Å². The fourth-order valence-electron chi connectivity index (χ4n) is 3.58. The molecule has 2 fully saturated rings. The van der Waals surface area contributed by atoms with E-state index in [9.17, 15) is 9.59 Å². The first-order chi connectivity index (χ1) is 8.98. The van der Waals surface area contributed by atoms with Crippen molar-refractivity contribution in [2.24, 2.45) is 17.8 Å². The molecule has 3 heterocycles. The SMILES string of the molecule is COC(=O)[C@@H]1[C@H]2C=C[C@@]3(CN(CC(C)C)C(=O)[C@@H]13)O2. The van der Waals surface area contributed by atoms with Crippen molar-refractivity contribution < 1.29 is 19.1 Å². The van der Waals surface area contributed by atoms with Gasteiger partial charge < -0.3 is 14.4 Å². The Balaban J connectivity index is 1.90. The first-order valence-electron chi connectivity index (χ1n) is 6.72. The largest absolute Gasteiger partial charge is 0.469 e. The highest BCUT2D eigenvalue weighted by atomic mass is 16.5. The van der Waals surface area contributed by atoms with Crippen molar-refractivity contribution in [2.45, 2.75) is 25.6 Å². The molecule has 5 heteroatoms. The Morgan fingerprint density at radius 1 is 1.63 bits per heavy atom. The Bertz CT molecular complexity index is 458.